The summed E-state index contributed by atoms with van der Waals surface area (Å²) in [6.07, 6.45) is 16.6. The Kier molecular flexibility index (Phi) is 15.0. The van der Waals surface area contributed by atoms with Crippen LogP contribution >= 0.6 is 0 Å². The highest BCUT2D eigenvalue weighted by Crippen LogP contribution is 2.21. The molecule has 0 spiro atoms. The normalized spacial score (nSPS) is 24.1. The van der Waals surface area contributed by atoms with Crippen molar-refractivity contribution in [2.24, 2.45) is 0 Å². The second kappa shape index (κ2) is 16.5. The molecule has 1 heterocycles. The summed E-state index contributed by atoms with van der Waals surface area (Å²) in [5, 5.41) is 28.6. The fraction of sp³-hybridized carbons (Fsp3) is 0.909. The van der Waals surface area contributed by atoms with Crippen molar-refractivity contribution in [3.05, 3.63) is 12.2 Å². The minimum Gasteiger partial charge on any atom is -0.394 e. The maximum Gasteiger partial charge on any atom is 0.114 e. The van der Waals surface area contributed by atoms with E-state index in [0.717, 1.165) is 12.8 Å². The lowest BCUT2D eigenvalue weighted by molar-refractivity contribution is -0.0938. The predicted molar refractivity (Wildman–Crippen MR) is 109 cm³/mol. The van der Waals surface area contributed by atoms with Gasteiger partial charge in [0.2, 0.25) is 0 Å². The van der Waals surface area contributed by atoms with E-state index in [-0.39, 0.29) is 13.2 Å². The van der Waals surface area contributed by atoms with Gasteiger partial charge in [-0.15, -0.1) is 0 Å². The lowest BCUT2D eigenvalue weighted by Gasteiger charge is -2.23. The average molecular weight is 387 g/mol. The minimum atomic E-state index is -1.00. The van der Waals surface area contributed by atoms with Crippen LogP contribution in [-0.4, -0.2) is 59.6 Å². The number of aliphatic hydroxyl groups is 3. The third kappa shape index (κ3) is 11.2. The molecule has 160 valence electrons. The number of hydrogen-bond acceptors (Lipinski definition) is 5. The van der Waals surface area contributed by atoms with Gasteiger partial charge >= 0.3 is 0 Å². The van der Waals surface area contributed by atoms with Crippen LogP contribution in [0.25, 0.3) is 0 Å². The molecule has 5 nitrogen and oxygen atoms in total. The van der Waals surface area contributed by atoms with Crippen LogP contribution in [0.2, 0.25) is 0 Å². The van der Waals surface area contributed by atoms with E-state index in [0.29, 0.717) is 6.61 Å². The smallest absolute Gasteiger partial charge is 0.114 e. The molecule has 3 N–H and O–H groups in total. The van der Waals surface area contributed by atoms with Gasteiger partial charge in [-0.1, -0.05) is 64.0 Å². The van der Waals surface area contributed by atoms with Crippen molar-refractivity contribution in [1.82, 2.24) is 0 Å². The van der Waals surface area contributed by atoms with Gasteiger partial charge in [-0.3, -0.25) is 0 Å². The van der Waals surface area contributed by atoms with Gasteiger partial charge < -0.3 is 24.8 Å². The van der Waals surface area contributed by atoms with Crippen LogP contribution in [0.3, 0.4) is 0 Å². The van der Waals surface area contributed by atoms with Gasteiger partial charge in [0, 0.05) is 6.61 Å². The second-order valence-electron chi connectivity index (χ2n) is 7.68. The fourth-order valence-electron chi connectivity index (χ4n) is 3.47. The van der Waals surface area contributed by atoms with Gasteiger partial charge in [0.25, 0.3) is 0 Å². The molecule has 4 atom stereocenters. The van der Waals surface area contributed by atoms with Crippen molar-refractivity contribution < 1.29 is 24.8 Å². The van der Waals surface area contributed by atoms with Crippen molar-refractivity contribution in [2.45, 2.75) is 108 Å². The first-order valence-electron chi connectivity index (χ1n) is 11.1. The highest BCUT2D eigenvalue weighted by Gasteiger charge is 2.40. The second-order valence-corrected chi connectivity index (χ2v) is 7.68. The molecule has 1 fully saturated rings. The van der Waals surface area contributed by atoms with Crippen molar-refractivity contribution in [2.75, 3.05) is 19.8 Å². The molecule has 0 aromatic heterocycles. The lowest BCUT2D eigenvalue weighted by Crippen LogP contribution is -2.42. The molecule has 0 aromatic carbocycles. The summed E-state index contributed by atoms with van der Waals surface area (Å²) in [5.41, 5.74) is 0. The molecule has 0 bridgehead atoms. The van der Waals surface area contributed by atoms with E-state index in [2.05, 4.69) is 19.1 Å². The van der Waals surface area contributed by atoms with E-state index in [1.54, 1.807) is 0 Å². The number of rotatable bonds is 17. The molecule has 0 aliphatic carbocycles. The summed E-state index contributed by atoms with van der Waals surface area (Å²) in [7, 11) is 0. The zero-order chi connectivity index (χ0) is 19.7. The third-order valence-electron chi connectivity index (χ3n) is 5.20. The van der Waals surface area contributed by atoms with Crippen LogP contribution in [0.15, 0.2) is 12.2 Å². The van der Waals surface area contributed by atoms with Gasteiger partial charge in [-0.2, -0.15) is 0 Å². The van der Waals surface area contributed by atoms with Crippen LogP contribution in [0.5, 0.6) is 0 Å². The molecule has 0 amide bonds. The Balaban J connectivity index is 1.91. The monoisotopic (exact) mass is 386 g/mol. The van der Waals surface area contributed by atoms with Crippen molar-refractivity contribution >= 4 is 0 Å². The average Bonchev–Trinajstić information content (AvgIpc) is 3.04. The van der Waals surface area contributed by atoms with Crippen LogP contribution in [0.4, 0.5) is 0 Å². The number of unbranched alkanes of at least 4 members (excludes halogenated alkanes) is 10. The standard InChI is InChI=1S/C22H42O5/c1-2-3-4-5-6-7-8-9-10-11-12-13-14-15-16-26-22-20(25)18-27-21(22)19(24)17-23/h7-8,19-25H,2-6,9-18H2,1H3/b8-7+/t19-,20+,21+,22+/m0/s1. The molecule has 0 aromatic rings. The van der Waals surface area contributed by atoms with Crippen LogP contribution in [-0.2, 0) is 9.47 Å². The first kappa shape index (κ1) is 24.6. The Morgan fingerprint density at radius 2 is 1.56 bits per heavy atom. The van der Waals surface area contributed by atoms with Gasteiger partial charge in [0.1, 0.15) is 24.4 Å². The van der Waals surface area contributed by atoms with Crippen LogP contribution in [0, 0.1) is 0 Å². The van der Waals surface area contributed by atoms with Crippen molar-refractivity contribution in [3.63, 3.8) is 0 Å². The maximum absolute atomic E-state index is 9.87. The summed E-state index contributed by atoms with van der Waals surface area (Å²) < 4.78 is 11.0. The zero-order valence-electron chi connectivity index (χ0n) is 17.2. The van der Waals surface area contributed by atoms with E-state index < -0.39 is 24.4 Å². The molecule has 0 radical (unpaired) electrons. The van der Waals surface area contributed by atoms with Crippen LogP contribution < -0.4 is 0 Å². The van der Waals surface area contributed by atoms with Crippen molar-refractivity contribution in [1.29, 1.82) is 0 Å². The van der Waals surface area contributed by atoms with Gasteiger partial charge in [-0.25, -0.2) is 0 Å². The van der Waals surface area contributed by atoms with E-state index >= 15 is 0 Å². The maximum atomic E-state index is 9.87. The van der Waals surface area contributed by atoms with E-state index in [1.807, 2.05) is 0 Å². The largest absolute Gasteiger partial charge is 0.394 e. The van der Waals surface area contributed by atoms with Crippen LogP contribution in [0.1, 0.15) is 84.0 Å². The van der Waals surface area contributed by atoms with Gasteiger partial charge in [0.15, 0.2) is 0 Å². The number of hydrogen-bond donors (Lipinski definition) is 3. The SMILES string of the molecule is CCCCCC/C=C/CCCCCCCCO[C@H]1[C@@H]([C@@H](O)CO)OC[C@H]1O. The Morgan fingerprint density at radius 3 is 2.19 bits per heavy atom. The predicted octanol–water partition coefficient (Wildman–Crippen LogP) is 3.74. The first-order valence-corrected chi connectivity index (χ1v) is 11.1. The zero-order valence-corrected chi connectivity index (χ0v) is 17.2. The number of ether oxygens (including phenoxy) is 2. The topological polar surface area (TPSA) is 79.2 Å². The number of aliphatic hydroxyl groups excluding tert-OH is 3. The molecule has 27 heavy (non-hydrogen) atoms. The van der Waals surface area contributed by atoms with Crippen molar-refractivity contribution in [3.8, 4) is 0 Å². The Bertz CT molecular complexity index is 361. The molecular formula is C22H42O5. The quantitative estimate of drug-likeness (QED) is 0.262. The minimum absolute atomic E-state index is 0.152. The van der Waals surface area contributed by atoms with E-state index in [1.165, 1.54) is 64.2 Å². The Hall–Kier alpha value is -0.460. The highest BCUT2D eigenvalue weighted by molar-refractivity contribution is 4.89. The first-order chi connectivity index (χ1) is 13.2. The molecule has 1 saturated heterocycles. The highest BCUT2D eigenvalue weighted by atomic mass is 16.6. The molecular weight excluding hydrogens is 344 g/mol. The van der Waals surface area contributed by atoms with Gasteiger partial charge in [0.05, 0.1) is 13.2 Å². The summed E-state index contributed by atoms with van der Waals surface area (Å²) in [5.74, 6) is 0. The summed E-state index contributed by atoms with van der Waals surface area (Å²) in [6, 6.07) is 0. The molecule has 5 heteroatoms. The fourth-order valence-corrected chi connectivity index (χ4v) is 3.47. The molecule has 0 unspecified atom stereocenters. The Morgan fingerprint density at radius 1 is 0.963 bits per heavy atom. The Labute approximate surface area is 165 Å². The van der Waals surface area contributed by atoms with E-state index in [9.17, 15) is 10.2 Å². The summed E-state index contributed by atoms with van der Waals surface area (Å²) >= 11 is 0. The van der Waals surface area contributed by atoms with Gasteiger partial charge in [-0.05, 0) is 32.1 Å². The third-order valence-corrected chi connectivity index (χ3v) is 5.20. The number of allylic oxidation sites excluding steroid dienone is 2. The van der Waals surface area contributed by atoms with E-state index in [4.69, 9.17) is 14.6 Å². The molecule has 1 rings (SSSR count). The summed E-state index contributed by atoms with van der Waals surface area (Å²) in [6.45, 7) is 2.57. The summed E-state index contributed by atoms with van der Waals surface area (Å²) in [4.78, 5) is 0. The molecule has 0 saturated carbocycles. The molecule has 1 aliphatic heterocycles. The molecule has 1 aliphatic rings. The lowest BCUT2D eigenvalue weighted by atomic mass is 10.1.